The van der Waals surface area contributed by atoms with Crippen molar-refractivity contribution in [3.05, 3.63) is 53.6 Å². The minimum absolute atomic E-state index is 0.734. The lowest BCUT2D eigenvalue weighted by Crippen LogP contribution is -2.11. The second kappa shape index (κ2) is 6.96. The van der Waals surface area contributed by atoms with Gasteiger partial charge in [-0.25, -0.2) is 0 Å². The third-order valence-electron chi connectivity index (χ3n) is 3.05. The molecule has 0 aromatic heterocycles. The minimum atomic E-state index is 0.734. The molecule has 20 heavy (non-hydrogen) atoms. The van der Waals surface area contributed by atoms with Crippen molar-refractivity contribution in [1.82, 2.24) is 5.32 Å². The molecule has 0 aliphatic rings. The third kappa shape index (κ3) is 3.75. The standard InChI is InChI=1S/C17H21NO2/c1-4-18-12-14-6-8-15(9-7-14)20-16-10-5-13(2)11-17(16)19-3/h5-11,18H,4,12H2,1-3H3. The lowest BCUT2D eigenvalue weighted by atomic mass is 10.2. The van der Waals surface area contributed by atoms with Crippen LogP contribution in [-0.2, 0) is 6.54 Å². The fraction of sp³-hybridized carbons (Fsp3) is 0.294. The molecule has 0 unspecified atom stereocenters. The molecule has 0 bridgehead atoms. The summed E-state index contributed by atoms with van der Waals surface area (Å²) < 4.78 is 11.2. The van der Waals surface area contributed by atoms with Gasteiger partial charge in [-0.15, -0.1) is 0 Å². The zero-order valence-corrected chi connectivity index (χ0v) is 12.3. The lowest BCUT2D eigenvalue weighted by Gasteiger charge is -2.11. The molecule has 2 rings (SSSR count). The lowest BCUT2D eigenvalue weighted by molar-refractivity contribution is 0.378. The van der Waals surface area contributed by atoms with Crippen LogP contribution in [0, 0.1) is 6.92 Å². The van der Waals surface area contributed by atoms with Gasteiger partial charge in [-0.05, 0) is 48.9 Å². The molecule has 0 spiro atoms. The normalized spacial score (nSPS) is 10.3. The highest BCUT2D eigenvalue weighted by Gasteiger charge is 2.05. The van der Waals surface area contributed by atoms with Gasteiger partial charge in [-0.2, -0.15) is 0 Å². The summed E-state index contributed by atoms with van der Waals surface area (Å²) in [6.07, 6.45) is 0. The number of aryl methyl sites for hydroxylation is 1. The van der Waals surface area contributed by atoms with Gasteiger partial charge in [-0.3, -0.25) is 0 Å². The number of hydrogen-bond donors (Lipinski definition) is 1. The molecule has 3 heteroatoms. The van der Waals surface area contributed by atoms with Gasteiger partial charge in [0.1, 0.15) is 5.75 Å². The maximum Gasteiger partial charge on any atom is 0.169 e. The summed E-state index contributed by atoms with van der Waals surface area (Å²) in [5.41, 5.74) is 2.39. The quantitative estimate of drug-likeness (QED) is 0.864. The van der Waals surface area contributed by atoms with Crippen LogP contribution in [0.15, 0.2) is 42.5 Å². The summed E-state index contributed by atoms with van der Waals surface area (Å²) in [6.45, 7) is 5.98. The van der Waals surface area contributed by atoms with E-state index in [4.69, 9.17) is 9.47 Å². The molecule has 3 nitrogen and oxygen atoms in total. The highest BCUT2D eigenvalue weighted by Crippen LogP contribution is 2.32. The van der Waals surface area contributed by atoms with Crippen LogP contribution in [0.25, 0.3) is 0 Å². The number of ether oxygens (including phenoxy) is 2. The predicted molar refractivity (Wildman–Crippen MR) is 81.6 cm³/mol. The molecule has 0 aliphatic heterocycles. The SMILES string of the molecule is CCNCc1ccc(Oc2ccc(C)cc2OC)cc1. The number of nitrogens with one attached hydrogen (secondary N) is 1. The van der Waals surface area contributed by atoms with E-state index in [1.807, 2.05) is 37.3 Å². The van der Waals surface area contributed by atoms with Gasteiger partial charge in [0.2, 0.25) is 0 Å². The number of benzene rings is 2. The van der Waals surface area contributed by atoms with Crippen molar-refractivity contribution in [2.24, 2.45) is 0 Å². The van der Waals surface area contributed by atoms with Gasteiger partial charge in [0.15, 0.2) is 11.5 Å². The fourth-order valence-electron chi connectivity index (χ4n) is 1.93. The van der Waals surface area contributed by atoms with Gasteiger partial charge in [0, 0.05) is 6.54 Å². The molecule has 0 aliphatic carbocycles. The Morgan fingerprint density at radius 1 is 1.00 bits per heavy atom. The Labute approximate surface area is 120 Å². The molecule has 1 N–H and O–H groups in total. The van der Waals surface area contributed by atoms with E-state index in [1.54, 1.807) is 7.11 Å². The number of methoxy groups -OCH3 is 1. The van der Waals surface area contributed by atoms with Crippen molar-refractivity contribution in [1.29, 1.82) is 0 Å². The summed E-state index contributed by atoms with van der Waals surface area (Å²) in [5.74, 6) is 2.30. The molecule has 0 saturated heterocycles. The van der Waals surface area contributed by atoms with Crippen LogP contribution >= 0.6 is 0 Å². The number of rotatable bonds is 6. The van der Waals surface area contributed by atoms with E-state index in [2.05, 4.69) is 24.4 Å². The van der Waals surface area contributed by atoms with Crippen LogP contribution < -0.4 is 14.8 Å². The average Bonchev–Trinajstić information content (AvgIpc) is 2.48. The van der Waals surface area contributed by atoms with Gasteiger partial charge >= 0.3 is 0 Å². The van der Waals surface area contributed by atoms with Crippen LogP contribution in [0.5, 0.6) is 17.2 Å². The summed E-state index contributed by atoms with van der Waals surface area (Å²) in [7, 11) is 1.65. The summed E-state index contributed by atoms with van der Waals surface area (Å²) in [5, 5.41) is 3.30. The molecule has 2 aromatic rings. The average molecular weight is 271 g/mol. The maximum atomic E-state index is 5.87. The second-order valence-corrected chi connectivity index (χ2v) is 4.68. The Morgan fingerprint density at radius 2 is 1.75 bits per heavy atom. The highest BCUT2D eigenvalue weighted by atomic mass is 16.5. The molecule has 2 aromatic carbocycles. The van der Waals surface area contributed by atoms with Gasteiger partial charge in [0.25, 0.3) is 0 Å². The fourth-order valence-corrected chi connectivity index (χ4v) is 1.93. The van der Waals surface area contributed by atoms with Crippen molar-refractivity contribution < 1.29 is 9.47 Å². The van der Waals surface area contributed by atoms with Crippen LogP contribution in [0.2, 0.25) is 0 Å². The highest BCUT2D eigenvalue weighted by molar-refractivity contribution is 5.45. The molecule has 0 saturated carbocycles. The van der Waals surface area contributed by atoms with Crippen molar-refractivity contribution >= 4 is 0 Å². The zero-order valence-electron chi connectivity index (χ0n) is 12.3. The first kappa shape index (κ1) is 14.4. The first-order valence-corrected chi connectivity index (χ1v) is 6.85. The van der Waals surface area contributed by atoms with Crippen molar-refractivity contribution in [2.45, 2.75) is 20.4 Å². The first-order chi connectivity index (χ1) is 9.72. The van der Waals surface area contributed by atoms with Gasteiger partial charge in [0.05, 0.1) is 7.11 Å². The van der Waals surface area contributed by atoms with Crippen molar-refractivity contribution in [2.75, 3.05) is 13.7 Å². The first-order valence-electron chi connectivity index (χ1n) is 6.85. The zero-order chi connectivity index (χ0) is 14.4. The molecule has 0 fully saturated rings. The molecule has 106 valence electrons. The molecular formula is C17H21NO2. The largest absolute Gasteiger partial charge is 0.493 e. The maximum absolute atomic E-state index is 5.87. The van der Waals surface area contributed by atoms with E-state index in [0.29, 0.717) is 0 Å². The van der Waals surface area contributed by atoms with E-state index >= 15 is 0 Å². The Balaban J connectivity index is 2.10. The van der Waals surface area contributed by atoms with Crippen molar-refractivity contribution in [3.63, 3.8) is 0 Å². The van der Waals surface area contributed by atoms with E-state index in [1.165, 1.54) is 5.56 Å². The summed E-state index contributed by atoms with van der Waals surface area (Å²) in [4.78, 5) is 0. The van der Waals surface area contributed by atoms with Crippen LogP contribution in [0.4, 0.5) is 0 Å². The van der Waals surface area contributed by atoms with Crippen LogP contribution in [0.1, 0.15) is 18.1 Å². The summed E-state index contributed by atoms with van der Waals surface area (Å²) >= 11 is 0. The Morgan fingerprint density at radius 3 is 2.40 bits per heavy atom. The smallest absolute Gasteiger partial charge is 0.169 e. The third-order valence-corrected chi connectivity index (χ3v) is 3.05. The van der Waals surface area contributed by atoms with E-state index in [9.17, 15) is 0 Å². The molecule has 0 radical (unpaired) electrons. The van der Waals surface area contributed by atoms with Gasteiger partial charge < -0.3 is 14.8 Å². The van der Waals surface area contributed by atoms with Gasteiger partial charge in [-0.1, -0.05) is 25.1 Å². The topological polar surface area (TPSA) is 30.5 Å². The molecular weight excluding hydrogens is 250 g/mol. The molecule has 0 amide bonds. The minimum Gasteiger partial charge on any atom is -0.493 e. The van der Waals surface area contributed by atoms with E-state index < -0.39 is 0 Å². The van der Waals surface area contributed by atoms with Crippen LogP contribution in [-0.4, -0.2) is 13.7 Å². The predicted octanol–water partition coefficient (Wildman–Crippen LogP) is 3.91. The monoisotopic (exact) mass is 271 g/mol. The van der Waals surface area contributed by atoms with E-state index in [0.717, 1.165) is 35.9 Å². The van der Waals surface area contributed by atoms with Crippen molar-refractivity contribution in [3.8, 4) is 17.2 Å². The molecule has 0 atom stereocenters. The Kier molecular flexibility index (Phi) is 5.02. The summed E-state index contributed by atoms with van der Waals surface area (Å²) in [6, 6.07) is 14.0. The Hall–Kier alpha value is -2.00. The van der Waals surface area contributed by atoms with E-state index in [-0.39, 0.29) is 0 Å². The Bertz CT molecular complexity index is 549. The molecule has 0 heterocycles. The number of hydrogen-bond acceptors (Lipinski definition) is 3. The second-order valence-electron chi connectivity index (χ2n) is 4.68. The van der Waals surface area contributed by atoms with Crippen LogP contribution in [0.3, 0.4) is 0 Å².